The second kappa shape index (κ2) is 4.86. The lowest BCUT2D eigenvalue weighted by Crippen LogP contribution is -2.36. The molecule has 0 saturated carbocycles. The SMILES string of the molecule is Cc1ccc(C)c(CN2CCn3cccc3C2C)c1. The summed E-state index contributed by atoms with van der Waals surface area (Å²) >= 11 is 0. The van der Waals surface area contributed by atoms with Crippen molar-refractivity contribution in [1.29, 1.82) is 0 Å². The van der Waals surface area contributed by atoms with Gasteiger partial charge in [0.25, 0.3) is 0 Å². The molecule has 2 heteroatoms. The molecule has 1 unspecified atom stereocenters. The summed E-state index contributed by atoms with van der Waals surface area (Å²) in [4.78, 5) is 2.58. The van der Waals surface area contributed by atoms with Crippen LogP contribution in [0.15, 0.2) is 36.5 Å². The average molecular weight is 254 g/mol. The van der Waals surface area contributed by atoms with E-state index in [1.54, 1.807) is 0 Å². The fraction of sp³-hybridized carbons (Fsp3) is 0.412. The Morgan fingerprint density at radius 3 is 2.84 bits per heavy atom. The Kier molecular flexibility index (Phi) is 3.19. The molecule has 1 aromatic heterocycles. The van der Waals surface area contributed by atoms with Crippen LogP contribution in [-0.4, -0.2) is 16.0 Å². The van der Waals surface area contributed by atoms with Gasteiger partial charge in [-0.3, -0.25) is 4.90 Å². The molecule has 0 bridgehead atoms. The molecule has 2 heterocycles. The first-order valence-corrected chi connectivity index (χ1v) is 7.10. The largest absolute Gasteiger partial charge is 0.349 e. The number of aromatic nitrogens is 1. The number of fused-ring (bicyclic) bond motifs is 1. The van der Waals surface area contributed by atoms with Crippen molar-refractivity contribution < 1.29 is 0 Å². The van der Waals surface area contributed by atoms with Crippen molar-refractivity contribution in [3.8, 4) is 0 Å². The molecule has 19 heavy (non-hydrogen) atoms. The third-order valence-electron chi connectivity index (χ3n) is 4.35. The van der Waals surface area contributed by atoms with Crippen LogP contribution in [0.25, 0.3) is 0 Å². The Morgan fingerprint density at radius 2 is 2.00 bits per heavy atom. The number of hydrogen-bond acceptors (Lipinski definition) is 1. The monoisotopic (exact) mass is 254 g/mol. The Balaban J connectivity index is 1.83. The zero-order valence-electron chi connectivity index (χ0n) is 12.1. The molecule has 0 amide bonds. The lowest BCUT2D eigenvalue weighted by Gasteiger charge is -2.35. The van der Waals surface area contributed by atoms with Crippen LogP contribution in [0.1, 0.15) is 35.3 Å². The number of aryl methyl sites for hydroxylation is 2. The van der Waals surface area contributed by atoms with Gasteiger partial charge in [0, 0.05) is 37.6 Å². The molecule has 1 aliphatic heterocycles. The zero-order valence-corrected chi connectivity index (χ0v) is 12.1. The van der Waals surface area contributed by atoms with Gasteiger partial charge in [-0.15, -0.1) is 0 Å². The van der Waals surface area contributed by atoms with Crippen LogP contribution in [0.5, 0.6) is 0 Å². The van der Waals surface area contributed by atoms with Crippen LogP contribution in [-0.2, 0) is 13.1 Å². The lowest BCUT2D eigenvalue weighted by molar-refractivity contribution is 0.160. The first-order valence-electron chi connectivity index (χ1n) is 7.10. The minimum atomic E-state index is 0.503. The lowest BCUT2D eigenvalue weighted by atomic mass is 10.0. The van der Waals surface area contributed by atoms with Gasteiger partial charge in [-0.1, -0.05) is 23.8 Å². The van der Waals surface area contributed by atoms with Crippen molar-refractivity contribution >= 4 is 0 Å². The van der Waals surface area contributed by atoms with Gasteiger partial charge in [0.2, 0.25) is 0 Å². The van der Waals surface area contributed by atoms with Crippen LogP contribution >= 0.6 is 0 Å². The summed E-state index contributed by atoms with van der Waals surface area (Å²) in [5.74, 6) is 0. The maximum Gasteiger partial charge on any atom is 0.0476 e. The van der Waals surface area contributed by atoms with E-state index < -0.39 is 0 Å². The van der Waals surface area contributed by atoms with Crippen LogP contribution in [0.4, 0.5) is 0 Å². The fourth-order valence-corrected chi connectivity index (χ4v) is 3.03. The number of hydrogen-bond donors (Lipinski definition) is 0. The highest BCUT2D eigenvalue weighted by atomic mass is 15.2. The van der Waals surface area contributed by atoms with Crippen LogP contribution in [0.2, 0.25) is 0 Å². The van der Waals surface area contributed by atoms with Crippen molar-refractivity contribution in [3.05, 3.63) is 58.9 Å². The normalized spacial score (nSPS) is 19.4. The minimum absolute atomic E-state index is 0.503. The van der Waals surface area contributed by atoms with Crippen molar-refractivity contribution in [2.24, 2.45) is 0 Å². The van der Waals surface area contributed by atoms with E-state index in [1.165, 1.54) is 22.4 Å². The number of rotatable bonds is 2. The number of nitrogens with zero attached hydrogens (tertiary/aromatic N) is 2. The van der Waals surface area contributed by atoms with E-state index in [0.717, 1.165) is 19.6 Å². The first kappa shape index (κ1) is 12.5. The predicted octanol–water partition coefficient (Wildman–Crippen LogP) is 3.68. The van der Waals surface area contributed by atoms with Gasteiger partial charge in [0.15, 0.2) is 0 Å². The summed E-state index contributed by atoms with van der Waals surface area (Å²) in [7, 11) is 0. The molecule has 0 N–H and O–H groups in total. The van der Waals surface area contributed by atoms with E-state index in [0.29, 0.717) is 6.04 Å². The quantitative estimate of drug-likeness (QED) is 0.793. The molecule has 1 atom stereocenters. The van der Waals surface area contributed by atoms with Crippen LogP contribution in [0, 0.1) is 13.8 Å². The molecule has 3 rings (SSSR count). The Hall–Kier alpha value is -1.54. The molecule has 2 aromatic rings. The highest BCUT2D eigenvalue weighted by Gasteiger charge is 2.23. The Morgan fingerprint density at radius 1 is 1.16 bits per heavy atom. The number of benzene rings is 1. The Bertz CT molecular complexity index is 583. The maximum atomic E-state index is 2.58. The van der Waals surface area contributed by atoms with Gasteiger partial charge in [0.1, 0.15) is 0 Å². The summed E-state index contributed by atoms with van der Waals surface area (Å²) in [5, 5.41) is 0. The summed E-state index contributed by atoms with van der Waals surface area (Å²) in [5.41, 5.74) is 5.66. The van der Waals surface area contributed by atoms with E-state index in [9.17, 15) is 0 Å². The summed E-state index contributed by atoms with van der Waals surface area (Å²) < 4.78 is 2.38. The maximum absolute atomic E-state index is 2.58. The van der Waals surface area contributed by atoms with Crippen molar-refractivity contribution in [2.75, 3.05) is 6.54 Å². The van der Waals surface area contributed by atoms with E-state index in [4.69, 9.17) is 0 Å². The average Bonchev–Trinajstić information content (AvgIpc) is 2.86. The fourth-order valence-electron chi connectivity index (χ4n) is 3.03. The molecule has 0 radical (unpaired) electrons. The predicted molar refractivity (Wildman–Crippen MR) is 79.2 cm³/mol. The molecule has 0 fully saturated rings. The highest BCUT2D eigenvalue weighted by Crippen LogP contribution is 2.27. The molecule has 0 saturated heterocycles. The summed E-state index contributed by atoms with van der Waals surface area (Å²) in [6.45, 7) is 10.0. The molecule has 2 nitrogen and oxygen atoms in total. The van der Waals surface area contributed by atoms with Gasteiger partial charge in [0.05, 0.1) is 0 Å². The van der Waals surface area contributed by atoms with Crippen molar-refractivity contribution in [1.82, 2.24) is 9.47 Å². The van der Waals surface area contributed by atoms with Gasteiger partial charge in [-0.2, -0.15) is 0 Å². The molecular weight excluding hydrogens is 232 g/mol. The molecular formula is C17H22N2. The van der Waals surface area contributed by atoms with Gasteiger partial charge < -0.3 is 4.57 Å². The second-order valence-corrected chi connectivity index (χ2v) is 5.70. The molecule has 100 valence electrons. The van der Waals surface area contributed by atoms with E-state index in [1.807, 2.05) is 0 Å². The molecule has 1 aliphatic rings. The standard InChI is InChI=1S/C17H22N2/c1-13-6-7-14(2)16(11-13)12-19-10-9-18-8-4-5-17(18)15(19)3/h4-8,11,15H,9-10,12H2,1-3H3. The van der Waals surface area contributed by atoms with E-state index >= 15 is 0 Å². The van der Waals surface area contributed by atoms with E-state index in [2.05, 4.69) is 66.8 Å². The minimum Gasteiger partial charge on any atom is -0.349 e. The zero-order chi connectivity index (χ0) is 13.4. The van der Waals surface area contributed by atoms with Gasteiger partial charge in [-0.25, -0.2) is 0 Å². The third kappa shape index (κ3) is 2.33. The smallest absolute Gasteiger partial charge is 0.0476 e. The van der Waals surface area contributed by atoms with Crippen LogP contribution in [0.3, 0.4) is 0 Å². The van der Waals surface area contributed by atoms with E-state index in [-0.39, 0.29) is 0 Å². The first-order chi connectivity index (χ1) is 9.15. The van der Waals surface area contributed by atoms with Crippen LogP contribution < -0.4 is 0 Å². The van der Waals surface area contributed by atoms with Gasteiger partial charge in [-0.05, 0) is 44.0 Å². The van der Waals surface area contributed by atoms with Crippen molar-refractivity contribution in [3.63, 3.8) is 0 Å². The highest BCUT2D eigenvalue weighted by molar-refractivity contribution is 5.30. The molecule has 0 spiro atoms. The molecule has 1 aromatic carbocycles. The topological polar surface area (TPSA) is 8.17 Å². The molecule has 0 aliphatic carbocycles. The second-order valence-electron chi connectivity index (χ2n) is 5.70. The van der Waals surface area contributed by atoms with Crippen molar-refractivity contribution in [2.45, 2.75) is 39.9 Å². The van der Waals surface area contributed by atoms with Gasteiger partial charge >= 0.3 is 0 Å². The summed E-state index contributed by atoms with van der Waals surface area (Å²) in [6, 6.07) is 11.7. The third-order valence-corrected chi connectivity index (χ3v) is 4.35. The Labute approximate surface area is 115 Å². The summed E-state index contributed by atoms with van der Waals surface area (Å²) in [6.07, 6.45) is 2.20.